The van der Waals surface area contributed by atoms with Gasteiger partial charge in [-0.25, -0.2) is 4.98 Å². The van der Waals surface area contributed by atoms with Crippen molar-refractivity contribution in [2.24, 2.45) is 0 Å². The predicted molar refractivity (Wildman–Crippen MR) is 119 cm³/mol. The maximum atomic E-state index is 12.7. The van der Waals surface area contributed by atoms with Crippen LogP contribution in [0.3, 0.4) is 0 Å². The molecule has 0 unspecified atom stereocenters. The number of fused-ring (bicyclic) bond motifs is 1. The molecule has 140 valence electrons. The summed E-state index contributed by atoms with van der Waals surface area (Å²) < 4.78 is 0.935. The molecular weight excluding hydrogens is 437 g/mol. The Balaban J connectivity index is 1.65. The van der Waals surface area contributed by atoms with Crippen LogP contribution in [0.15, 0.2) is 60.7 Å². The fraction of sp³-hybridized carbons (Fsp3) is 0. The van der Waals surface area contributed by atoms with Crippen LogP contribution < -0.4 is 10.6 Å². The molecule has 1 aromatic heterocycles. The standard InChI is InChI=1S/C20H12Cl3N3OS/c21-11-9-13(22)17(14(23)10-11)19(27)25-15-7-4-8-16-18(15)26-20(28-16)24-12-5-2-1-3-6-12/h1-10H,(H,24,26)(H,25,27). The molecule has 0 fully saturated rings. The second-order valence-electron chi connectivity index (χ2n) is 5.86. The number of hydrogen-bond acceptors (Lipinski definition) is 4. The van der Waals surface area contributed by atoms with Crippen LogP contribution in [-0.2, 0) is 0 Å². The number of hydrogen-bond donors (Lipinski definition) is 2. The molecular formula is C20H12Cl3N3OS. The number of thiazole rings is 1. The summed E-state index contributed by atoms with van der Waals surface area (Å²) in [6, 6.07) is 18.3. The molecule has 0 saturated carbocycles. The van der Waals surface area contributed by atoms with Gasteiger partial charge in [0.05, 0.1) is 26.0 Å². The van der Waals surface area contributed by atoms with Crippen molar-refractivity contribution < 1.29 is 4.79 Å². The molecule has 1 heterocycles. The van der Waals surface area contributed by atoms with E-state index in [4.69, 9.17) is 34.8 Å². The number of para-hydroxylation sites is 2. The first-order valence-electron chi connectivity index (χ1n) is 8.19. The second-order valence-corrected chi connectivity index (χ2v) is 8.14. The summed E-state index contributed by atoms with van der Waals surface area (Å²) in [5.74, 6) is -0.426. The van der Waals surface area contributed by atoms with Crippen molar-refractivity contribution in [3.05, 3.63) is 81.3 Å². The number of amides is 1. The van der Waals surface area contributed by atoms with E-state index in [2.05, 4.69) is 15.6 Å². The Morgan fingerprint density at radius 1 is 0.929 bits per heavy atom. The molecule has 8 heteroatoms. The lowest BCUT2D eigenvalue weighted by atomic mass is 10.2. The van der Waals surface area contributed by atoms with Crippen molar-refractivity contribution in [1.29, 1.82) is 0 Å². The predicted octanol–water partition coefficient (Wildman–Crippen LogP) is 7.25. The highest BCUT2D eigenvalue weighted by Crippen LogP contribution is 2.34. The Morgan fingerprint density at radius 3 is 2.36 bits per heavy atom. The Labute approximate surface area is 180 Å². The molecule has 3 aromatic carbocycles. The third-order valence-corrected chi connectivity index (χ3v) is 5.68. The van der Waals surface area contributed by atoms with E-state index in [-0.39, 0.29) is 15.6 Å². The van der Waals surface area contributed by atoms with E-state index in [1.807, 2.05) is 42.5 Å². The zero-order valence-electron chi connectivity index (χ0n) is 14.2. The minimum Gasteiger partial charge on any atom is -0.332 e. The summed E-state index contributed by atoms with van der Waals surface area (Å²) in [4.78, 5) is 17.4. The lowest BCUT2D eigenvalue weighted by Gasteiger charge is -2.09. The number of carbonyl (C=O) groups excluding carboxylic acids is 1. The molecule has 4 rings (SSSR count). The van der Waals surface area contributed by atoms with Gasteiger partial charge in [0.15, 0.2) is 5.13 Å². The molecule has 0 aliphatic rings. The average molecular weight is 449 g/mol. The van der Waals surface area contributed by atoms with Gasteiger partial charge < -0.3 is 10.6 Å². The van der Waals surface area contributed by atoms with Crippen LogP contribution in [0.2, 0.25) is 15.1 Å². The summed E-state index contributed by atoms with van der Waals surface area (Å²) >= 11 is 19.7. The van der Waals surface area contributed by atoms with Crippen LogP contribution in [0, 0.1) is 0 Å². The average Bonchev–Trinajstić information content (AvgIpc) is 3.05. The van der Waals surface area contributed by atoms with Gasteiger partial charge in [-0.15, -0.1) is 0 Å². The number of benzene rings is 3. The molecule has 1 amide bonds. The van der Waals surface area contributed by atoms with Gasteiger partial charge in [0.1, 0.15) is 5.52 Å². The van der Waals surface area contributed by atoms with E-state index < -0.39 is 5.91 Å². The molecule has 0 aliphatic carbocycles. The fourth-order valence-electron chi connectivity index (χ4n) is 2.69. The number of nitrogens with one attached hydrogen (secondary N) is 2. The number of rotatable bonds is 4. The number of anilines is 3. The zero-order valence-corrected chi connectivity index (χ0v) is 17.3. The van der Waals surface area contributed by atoms with Crippen LogP contribution in [0.1, 0.15) is 10.4 Å². The van der Waals surface area contributed by atoms with Crippen molar-refractivity contribution in [2.75, 3.05) is 10.6 Å². The number of aromatic nitrogens is 1. The minimum absolute atomic E-state index is 0.169. The van der Waals surface area contributed by atoms with Crippen LogP contribution in [0.25, 0.3) is 10.2 Å². The summed E-state index contributed by atoms with van der Waals surface area (Å²) in [5, 5.41) is 7.58. The molecule has 28 heavy (non-hydrogen) atoms. The highest BCUT2D eigenvalue weighted by atomic mass is 35.5. The Hall–Kier alpha value is -2.31. The van der Waals surface area contributed by atoms with Gasteiger partial charge in [-0.05, 0) is 36.4 Å². The van der Waals surface area contributed by atoms with Crippen LogP contribution >= 0.6 is 46.1 Å². The molecule has 0 bridgehead atoms. The number of carbonyl (C=O) groups is 1. The first-order valence-corrected chi connectivity index (χ1v) is 10.1. The summed E-state index contributed by atoms with van der Waals surface area (Å²) in [5.41, 5.74) is 2.36. The van der Waals surface area contributed by atoms with Crippen molar-refractivity contribution >= 4 is 78.8 Å². The highest BCUT2D eigenvalue weighted by molar-refractivity contribution is 7.22. The van der Waals surface area contributed by atoms with Crippen molar-refractivity contribution in [2.45, 2.75) is 0 Å². The number of halogens is 3. The van der Waals surface area contributed by atoms with Gasteiger partial charge >= 0.3 is 0 Å². The smallest absolute Gasteiger partial charge is 0.258 e. The van der Waals surface area contributed by atoms with Crippen molar-refractivity contribution in [3.8, 4) is 0 Å². The van der Waals surface area contributed by atoms with Gasteiger partial charge in [0, 0.05) is 10.7 Å². The first-order chi connectivity index (χ1) is 13.5. The van der Waals surface area contributed by atoms with Crippen molar-refractivity contribution in [3.63, 3.8) is 0 Å². The lowest BCUT2D eigenvalue weighted by molar-refractivity contribution is 0.102. The molecule has 4 nitrogen and oxygen atoms in total. The Kier molecular flexibility index (Phi) is 5.42. The topological polar surface area (TPSA) is 54.0 Å². The maximum absolute atomic E-state index is 12.7. The van der Waals surface area contributed by atoms with Crippen LogP contribution in [0.4, 0.5) is 16.5 Å². The monoisotopic (exact) mass is 447 g/mol. The van der Waals surface area contributed by atoms with E-state index in [1.54, 1.807) is 6.07 Å². The van der Waals surface area contributed by atoms with Crippen molar-refractivity contribution in [1.82, 2.24) is 4.98 Å². The second kappa shape index (κ2) is 7.97. The summed E-state index contributed by atoms with van der Waals surface area (Å²) in [6.07, 6.45) is 0. The van der Waals surface area contributed by atoms with Crippen LogP contribution in [0.5, 0.6) is 0 Å². The maximum Gasteiger partial charge on any atom is 0.258 e. The molecule has 0 spiro atoms. The third kappa shape index (κ3) is 3.93. The largest absolute Gasteiger partial charge is 0.332 e. The molecule has 0 radical (unpaired) electrons. The van der Waals surface area contributed by atoms with Gasteiger partial charge in [-0.3, -0.25) is 4.79 Å². The minimum atomic E-state index is -0.426. The van der Waals surface area contributed by atoms with Gasteiger partial charge in [-0.1, -0.05) is 70.4 Å². The molecule has 2 N–H and O–H groups in total. The summed E-state index contributed by atoms with van der Waals surface area (Å²) in [7, 11) is 0. The van der Waals surface area contributed by atoms with E-state index in [0.29, 0.717) is 16.2 Å². The first kappa shape index (κ1) is 19.0. The zero-order chi connectivity index (χ0) is 19.7. The fourth-order valence-corrected chi connectivity index (χ4v) is 4.59. The van der Waals surface area contributed by atoms with E-state index in [0.717, 1.165) is 15.5 Å². The Bertz CT molecular complexity index is 1160. The van der Waals surface area contributed by atoms with Crippen LogP contribution in [-0.4, -0.2) is 10.9 Å². The van der Waals surface area contributed by atoms with Gasteiger partial charge in [-0.2, -0.15) is 0 Å². The normalized spacial score (nSPS) is 10.8. The Morgan fingerprint density at radius 2 is 1.64 bits per heavy atom. The van der Waals surface area contributed by atoms with E-state index in [1.165, 1.54) is 23.5 Å². The summed E-state index contributed by atoms with van der Waals surface area (Å²) in [6.45, 7) is 0. The van der Waals surface area contributed by atoms with Gasteiger partial charge in [0.25, 0.3) is 5.91 Å². The lowest BCUT2D eigenvalue weighted by Crippen LogP contribution is -2.13. The molecule has 0 saturated heterocycles. The quantitative estimate of drug-likeness (QED) is 0.345. The molecule has 0 atom stereocenters. The molecule has 4 aromatic rings. The third-order valence-electron chi connectivity index (χ3n) is 3.93. The number of nitrogens with zero attached hydrogens (tertiary/aromatic N) is 1. The highest BCUT2D eigenvalue weighted by Gasteiger charge is 2.18. The molecule has 0 aliphatic heterocycles. The van der Waals surface area contributed by atoms with E-state index >= 15 is 0 Å². The SMILES string of the molecule is O=C(Nc1cccc2sc(Nc3ccccc3)nc12)c1c(Cl)cc(Cl)cc1Cl. The van der Waals surface area contributed by atoms with E-state index in [9.17, 15) is 4.79 Å². The van der Waals surface area contributed by atoms with Gasteiger partial charge in [0.2, 0.25) is 0 Å².